The van der Waals surface area contributed by atoms with Crippen LogP contribution in [-0.4, -0.2) is 20.7 Å². The van der Waals surface area contributed by atoms with Gasteiger partial charge >= 0.3 is 0 Å². The maximum absolute atomic E-state index is 14.4. The topological polar surface area (TPSA) is 73.0 Å². The van der Waals surface area contributed by atoms with Crippen molar-refractivity contribution >= 4 is 11.6 Å². The zero-order valence-electron chi connectivity index (χ0n) is 13.5. The molecule has 3 heterocycles. The number of nitrogens with one attached hydrogen (secondary N) is 1. The van der Waals surface area contributed by atoms with E-state index in [2.05, 4.69) is 15.5 Å². The number of carbonyl (C=O) groups excluding carboxylic acids is 1. The third kappa shape index (κ3) is 3.05. The number of aromatic nitrogens is 3. The Kier molecular flexibility index (Phi) is 4.05. The molecule has 7 heteroatoms. The summed E-state index contributed by atoms with van der Waals surface area (Å²) in [5.74, 6) is 0.695. The number of hydrogen-bond acceptors (Lipinski definition) is 4. The van der Waals surface area contributed by atoms with Gasteiger partial charge in [0.15, 0.2) is 5.82 Å². The highest BCUT2D eigenvalue weighted by Gasteiger charge is 2.19. The lowest BCUT2D eigenvalue weighted by Gasteiger charge is -2.10. The zero-order valence-corrected chi connectivity index (χ0v) is 13.5. The molecule has 0 saturated carbocycles. The van der Waals surface area contributed by atoms with Crippen molar-refractivity contribution in [3.8, 4) is 11.4 Å². The second kappa shape index (κ2) is 6.51. The van der Waals surface area contributed by atoms with Gasteiger partial charge in [-0.25, -0.2) is 4.39 Å². The minimum Gasteiger partial charge on any atom is -0.472 e. The molecular formula is C18H17FN4O2. The van der Waals surface area contributed by atoms with Gasteiger partial charge in [0.2, 0.25) is 0 Å². The Morgan fingerprint density at radius 3 is 2.96 bits per heavy atom. The lowest BCUT2D eigenvalue weighted by molar-refractivity contribution is 0.102. The summed E-state index contributed by atoms with van der Waals surface area (Å²) in [7, 11) is 0. The summed E-state index contributed by atoms with van der Waals surface area (Å²) in [6.45, 7) is 0.780. The first-order valence-corrected chi connectivity index (χ1v) is 8.28. The number of aryl methyl sites for hydroxylation is 1. The zero-order chi connectivity index (χ0) is 17.2. The Morgan fingerprint density at radius 1 is 1.20 bits per heavy atom. The molecule has 1 N–H and O–H groups in total. The average Bonchev–Trinajstić information content (AvgIpc) is 3.22. The Hall–Kier alpha value is -2.96. The number of rotatable bonds is 3. The van der Waals surface area contributed by atoms with Gasteiger partial charge in [-0.15, -0.1) is 10.2 Å². The summed E-state index contributed by atoms with van der Waals surface area (Å²) >= 11 is 0. The van der Waals surface area contributed by atoms with Crippen molar-refractivity contribution in [3.63, 3.8) is 0 Å². The molecule has 0 atom stereocenters. The molecule has 0 bridgehead atoms. The van der Waals surface area contributed by atoms with E-state index in [0.29, 0.717) is 22.6 Å². The van der Waals surface area contributed by atoms with Crippen molar-refractivity contribution in [2.75, 3.05) is 5.32 Å². The molecule has 25 heavy (non-hydrogen) atoms. The first kappa shape index (κ1) is 15.6. The molecule has 1 aromatic carbocycles. The van der Waals surface area contributed by atoms with Gasteiger partial charge in [-0.05, 0) is 37.1 Å². The van der Waals surface area contributed by atoms with Crippen LogP contribution in [0.2, 0.25) is 0 Å². The van der Waals surface area contributed by atoms with E-state index < -0.39 is 0 Å². The molecule has 0 saturated heterocycles. The van der Waals surface area contributed by atoms with Gasteiger partial charge in [-0.1, -0.05) is 6.42 Å². The van der Waals surface area contributed by atoms with Crippen LogP contribution in [0.5, 0.6) is 0 Å². The summed E-state index contributed by atoms with van der Waals surface area (Å²) < 4.78 is 21.3. The number of benzene rings is 1. The van der Waals surface area contributed by atoms with Gasteiger partial charge in [0, 0.05) is 18.7 Å². The van der Waals surface area contributed by atoms with E-state index in [1.54, 1.807) is 12.1 Å². The number of halogens is 1. The van der Waals surface area contributed by atoms with Crippen LogP contribution in [0, 0.1) is 5.82 Å². The number of fused-ring (bicyclic) bond motifs is 1. The van der Waals surface area contributed by atoms with Crippen molar-refractivity contribution in [1.29, 1.82) is 0 Å². The molecule has 6 nitrogen and oxygen atoms in total. The summed E-state index contributed by atoms with van der Waals surface area (Å²) in [5.41, 5.74) is 1.24. The van der Waals surface area contributed by atoms with Crippen LogP contribution >= 0.6 is 0 Å². The fourth-order valence-corrected chi connectivity index (χ4v) is 3.06. The Labute approximate surface area is 143 Å². The van der Waals surface area contributed by atoms with Gasteiger partial charge in [0.05, 0.1) is 17.4 Å². The third-order valence-corrected chi connectivity index (χ3v) is 4.36. The summed E-state index contributed by atoms with van der Waals surface area (Å²) in [5, 5.41) is 11.1. The standard InChI is InChI=1S/C18H17FN4O2/c19-15-6-5-13(20-18(24)12-7-9-25-11-12)10-14(15)17-22-21-16-4-2-1-3-8-23(16)17/h5-7,9-11H,1-4,8H2,(H,20,24). The van der Waals surface area contributed by atoms with Crippen molar-refractivity contribution in [2.24, 2.45) is 0 Å². The average molecular weight is 340 g/mol. The number of amides is 1. The lowest BCUT2D eigenvalue weighted by atomic mass is 10.1. The predicted octanol–water partition coefficient (Wildman–Crippen LogP) is 3.66. The highest BCUT2D eigenvalue weighted by atomic mass is 19.1. The number of carbonyl (C=O) groups is 1. The van der Waals surface area contributed by atoms with Gasteiger partial charge < -0.3 is 14.3 Å². The van der Waals surface area contributed by atoms with E-state index in [0.717, 1.165) is 38.1 Å². The largest absolute Gasteiger partial charge is 0.472 e. The van der Waals surface area contributed by atoms with Gasteiger partial charge in [0.25, 0.3) is 5.91 Å². The van der Waals surface area contributed by atoms with Crippen molar-refractivity contribution < 1.29 is 13.6 Å². The third-order valence-electron chi connectivity index (χ3n) is 4.36. The summed E-state index contributed by atoms with van der Waals surface area (Å²) in [6.07, 6.45) is 6.87. The van der Waals surface area contributed by atoms with Crippen LogP contribution in [0.3, 0.4) is 0 Å². The number of furan rings is 1. The SMILES string of the molecule is O=C(Nc1ccc(F)c(-c2nnc3n2CCCCC3)c1)c1ccoc1. The van der Waals surface area contributed by atoms with Gasteiger partial charge in [0.1, 0.15) is 17.9 Å². The number of nitrogens with zero attached hydrogens (tertiary/aromatic N) is 3. The monoisotopic (exact) mass is 340 g/mol. The molecule has 0 spiro atoms. The van der Waals surface area contributed by atoms with E-state index >= 15 is 0 Å². The van der Waals surface area contributed by atoms with Crippen LogP contribution < -0.4 is 5.32 Å². The van der Waals surface area contributed by atoms with Gasteiger partial charge in [-0.3, -0.25) is 4.79 Å². The van der Waals surface area contributed by atoms with E-state index in [-0.39, 0.29) is 11.7 Å². The van der Waals surface area contributed by atoms with Crippen LogP contribution in [0.4, 0.5) is 10.1 Å². The molecular weight excluding hydrogens is 323 g/mol. The molecule has 0 aliphatic carbocycles. The smallest absolute Gasteiger partial charge is 0.258 e. The molecule has 0 radical (unpaired) electrons. The second-order valence-corrected chi connectivity index (χ2v) is 6.06. The Bertz CT molecular complexity index is 902. The van der Waals surface area contributed by atoms with E-state index in [1.165, 1.54) is 24.7 Å². The minimum atomic E-state index is -0.388. The Morgan fingerprint density at radius 2 is 2.12 bits per heavy atom. The quantitative estimate of drug-likeness (QED) is 0.790. The Balaban J connectivity index is 1.67. The van der Waals surface area contributed by atoms with Crippen LogP contribution in [-0.2, 0) is 13.0 Å². The second-order valence-electron chi connectivity index (χ2n) is 6.06. The highest BCUT2D eigenvalue weighted by molar-refractivity contribution is 6.04. The van der Waals surface area contributed by atoms with Crippen molar-refractivity contribution in [2.45, 2.75) is 32.2 Å². The normalized spacial score (nSPS) is 14.0. The molecule has 2 aromatic heterocycles. The molecule has 0 unspecified atom stereocenters. The fraction of sp³-hybridized carbons (Fsp3) is 0.278. The number of anilines is 1. The molecule has 1 aliphatic heterocycles. The molecule has 128 valence electrons. The molecule has 1 amide bonds. The van der Waals surface area contributed by atoms with E-state index in [1.807, 2.05) is 4.57 Å². The van der Waals surface area contributed by atoms with E-state index in [9.17, 15) is 9.18 Å². The first-order chi connectivity index (χ1) is 12.2. The van der Waals surface area contributed by atoms with Gasteiger partial charge in [-0.2, -0.15) is 0 Å². The summed E-state index contributed by atoms with van der Waals surface area (Å²) in [6, 6.07) is 6.02. The lowest BCUT2D eigenvalue weighted by Crippen LogP contribution is -2.11. The molecule has 4 rings (SSSR count). The maximum atomic E-state index is 14.4. The van der Waals surface area contributed by atoms with Crippen molar-refractivity contribution in [3.05, 3.63) is 54.0 Å². The minimum absolute atomic E-state index is 0.314. The van der Waals surface area contributed by atoms with Crippen LogP contribution in [0.1, 0.15) is 35.4 Å². The molecule has 1 aliphatic rings. The molecule has 3 aromatic rings. The maximum Gasteiger partial charge on any atom is 0.258 e. The van der Waals surface area contributed by atoms with E-state index in [4.69, 9.17) is 4.42 Å². The fourth-order valence-electron chi connectivity index (χ4n) is 3.06. The van der Waals surface area contributed by atoms with Crippen LogP contribution in [0.25, 0.3) is 11.4 Å². The first-order valence-electron chi connectivity index (χ1n) is 8.28. The van der Waals surface area contributed by atoms with Crippen LogP contribution in [0.15, 0.2) is 41.2 Å². The summed E-state index contributed by atoms with van der Waals surface area (Å²) in [4.78, 5) is 12.1. The predicted molar refractivity (Wildman–Crippen MR) is 89.6 cm³/mol. The van der Waals surface area contributed by atoms with Crippen molar-refractivity contribution in [1.82, 2.24) is 14.8 Å². The molecule has 0 fully saturated rings. The number of hydrogen-bond donors (Lipinski definition) is 1. The highest BCUT2D eigenvalue weighted by Crippen LogP contribution is 2.27.